The highest BCUT2D eigenvalue weighted by molar-refractivity contribution is 7.89. The quantitative estimate of drug-likeness (QED) is 0.563. The molecule has 72 valence electrons. The second-order valence-electron chi connectivity index (χ2n) is 2.52. The average Bonchev–Trinajstić information content (AvgIpc) is 2.03. The van der Waals surface area contributed by atoms with Gasteiger partial charge >= 0.3 is 0 Å². The summed E-state index contributed by atoms with van der Waals surface area (Å²) in [7, 11) is -3.63. The SMILES string of the molecule is NC(Cl)c1ccc(S(N)(=O)=O)cc1. The molecule has 4 N–H and O–H groups in total. The third-order valence-electron chi connectivity index (χ3n) is 1.53. The first-order chi connectivity index (χ1) is 5.91. The van der Waals surface area contributed by atoms with Crippen LogP contribution in [-0.2, 0) is 10.0 Å². The van der Waals surface area contributed by atoms with Crippen molar-refractivity contribution < 1.29 is 8.42 Å². The van der Waals surface area contributed by atoms with Crippen molar-refractivity contribution in [3.8, 4) is 0 Å². The molecule has 0 aromatic heterocycles. The normalized spacial score (nSPS) is 14.1. The molecular weight excluding hydrogens is 212 g/mol. The predicted octanol–water partition coefficient (Wildman–Crippen LogP) is 0.530. The van der Waals surface area contributed by atoms with E-state index < -0.39 is 15.5 Å². The fraction of sp³-hybridized carbons (Fsp3) is 0.143. The van der Waals surface area contributed by atoms with E-state index in [0.717, 1.165) is 0 Å². The first-order valence-corrected chi connectivity index (χ1v) is 5.42. The van der Waals surface area contributed by atoms with Gasteiger partial charge in [0.2, 0.25) is 10.0 Å². The Labute approximate surface area is 81.5 Å². The molecule has 6 heteroatoms. The third-order valence-corrected chi connectivity index (χ3v) is 2.71. The highest BCUT2D eigenvalue weighted by Gasteiger charge is 2.08. The first kappa shape index (κ1) is 10.5. The zero-order valence-electron chi connectivity index (χ0n) is 6.64. The van der Waals surface area contributed by atoms with Crippen LogP contribution in [0.5, 0.6) is 0 Å². The van der Waals surface area contributed by atoms with E-state index in [9.17, 15) is 8.42 Å². The number of sulfonamides is 1. The number of primary sulfonamides is 1. The maximum atomic E-state index is 10.8. The molecule has 0 aliphatic heterocycles. The Balaban J connectivity index is 3.08. The zero-order valence-corrected chi connectivity index (χ0v) is 8.22. The van der Waals surface area contributed by atoms with Gasteiger partial charge in [-0.25, -0.2) is 13.6 Å². The van der Waals surface area contributed by atoms with Crippen LogP contribution in [0.3, 0.4) is 0 Å². The van der Waals surface area contributed by atoms with Gasteiger partial charge in [0.1, 0.15) is 5.50 Å². The largest absolute Gasteiger partial charge is 0.312 e. The second-order valence-corrected chi connectivity index (χ2v) is 4.55. The summed E-state index contributed by atoms with van der Waals surface area (Å²) in [6.07, 6.45) is 0. The lowest BCUT2D eigenvalue weighted by Gasteiger charge is -2.03. The number of hydrogen-bond donors (Lipinski definition) is 2. The van der Waals surface area contributed by atoms with Crippen molar-refractivity contribution >= 4 is 21.6 Å². The Kier molecular flexibility index (Phi) is 2.92. The van der Waals surface area contributed by atoms with Crippen LogP contribution in [0.1, 0.15) is 11.1 Å². The van der Waals surface area contributed by atoms with E-state index in [1.54, 1.807) is 0 Å². The van der Waals surface area contributed by atoms with E-state index in [0.29, 0.717) is 5.56 Å². The van der Waals surface area contributed by atoms with Crippen LogP contribution in [0.25, 0.3) is 0 Å². The molecule has 1 aromatic carbocycles. The lowest BCUT2D eigenvalue weighted by molar-refractivity contribution is 0.598. The number of rotatable bonds is 2. The van der Waals surface area contributed by atoms with Crippen molar-refractivity contribution in [1.29, 1.82) is 0 Å². The van der Waals surface area contributed by atoms with E-state index in [1.165, 1.54) is 24.3 Å². The molecule has 0 bridgehead atoms. The van der Waals surface area contributed by atoms with Gasteiger partial charge in [-0.3, -0.25) is 0 Å². The van der Waals surface area contributed by atoms with Crippen molar-refractivity contribution in [2.75, 3.05) is 0 Å². The van der Waals surface area contributed by atoms with Crippen LogP contribution in [0.2, 0.25) is 0 Å². The highest BCUT2D eigenvalue weighted by Crippen LogP contribution is 2.16. The number of nitrogens with two attached hydrogens (primary N) is 2. The van der Waals surface area contributed by atoms with Gasteiger partial charge in [0.15, 0.2) is 0 Å². The third kappa shape index (κ3) is 2.67. The smallest absolute Gasteiger partial charge is 0.238 e. The maximum absolute atomic E-state index is 10.8. The summed E-state index contributed by atoms with van der Waals surface area (Å²) in [6, 6.07) is 5.79. The van der Waals surface area contributed by atoms with Crippen molar-refractivity contribution in [2.24, 2.45) is 10.9 Å². The van der Waals surface area contributed by atoms with Crippen LogP contribution in [0.4, 0.5) is 0 Å². The van der Waals surface area contributed by atoms with Gasteiger partial charge in [0, 0.05) is 0 Å². The second kappa shape index (κ2) is 3.63. The van der Waals surface area contributed by atoms with E-state index >= 15 is 0 Å². The van der Waals surface area contributed by atoms with Gasteiger partial charge in [0.05, 0.1) is 4.90 Å². The van der Waals surface area contributed by atoms with Crippen LogP contribution >= 0.6 is 11.6 Å². The minimum atomic E-state index is -3.63. The highest BCUT2D eigenvalue weighted by atomic mass is 35.5. The molecule has 1 rings (SSSR count). The number of alkyl halides is 1. The van der Waals surface area contributed by atoms with Gasteiger partial charge in [-0.2, -0.15) is 0 Å². The summed E-state index contributed by atoms with van der Waals surface area (Å²) in [6.45, 7) is 0. The van der Waals surface area contributed by atoms with E-state index in [-0.39, 0.29) is 4.90 Å². The minimum absolute atomic E-state index is 0.0496. The molecule has 1 atom stereocenters. The molecule has 13 heavy (non-hydrogen) atoms. The standard InChI is InChI=1S/C7H9ClN2O2S/c8-7(9)5-1-3-6(4-2-5)13(10,11)12/h1-4,7H,9H2,(H2,10,11,12). The molecule has 0 fully saturated rings. The Morgan fingerprint density at radius 3 is 2.00 bits per heavy atom. The van der Waals surface area contributed by atoms with Crippen molar-refractivity contribution in [3.05, 3.63) is 29.8 Å². The summed E-state index contributed by atoms with van der Waals surface area (Å²) in [4.78, 5) is 0.0496. The number of hydrogen-bond acceptors (Lipinski definition) is 3. The van der Waals surface area contributed by atoms with Crippen LogP contribution in [0, 0.1) is 0 Å². The maximum Gasteiger partial charge on any atom is 0.238 e. The molecule has 4 nitrogen and oxygen atoms in total. The summed E-state index contributed by atoms with van der Waals surface area (Å²) < 4.78 is 21.7. The molecule has 1 unspecified atom stereocenters. The predicted molar refractivity (Wildman–Crippen MR) is 50.6 cm³/mol. The van der Waals surface area contributed by atoms with Gasteiger partial charge < -0.3 is 5.73 Å². The van der Waals surface area contributed by atoms with Gasteiger partial charge in [-0.15, -0.1) is 11.6 Å². The fourth-order valence-corrected chi connectivity index (χ4v) is 1.50. The molecule has 0 aliphatic rings. The van der Waals surface area contributed by atoms with Crippen molar-refractivity contribution in [1.82, 2.24) is 0 Å². The molecule has 0 amide bonds. The molecule has 0 aliphatic carbocycles. The van der Waals surface area contributed by atoms with Gasteiger partial charge in [-0.05, 0) is 17.7 Å². The van der Waals surface area contributed by atoms with Crippen LogP contribution < -0.4 is 10.9 Å². The Bertz CT molecular complexity index is 385. The molecule has 0 saturated heterocycles. The Morgan fingerprint density at radius 1 is 1.23 bits per heavy atom. The number of halogens is 1. The zero-order chi connectivity index (χ0) is 10.1. The van der Waals surface area contributed by atoms with Crippen molar-refractivity contribution in [3.63, 3.8) is 0 Å². The molecule has 0 saturated carbocycles. The number of benzene rings is 1. The van der Waals surface area contributed by atoms with E-state index in [1.807, 2.05) is 0 Å². The van der Waals surface area contributed by atoms with Crippen LogP contribution in [-0.4, -0.2) is 8.42 Å². The minimum Gasteiger partial charge on any atom is -0.312 e. The van der Waals surface area contributed by atoms with Crippen LogP contribution in [0.15, 0.2) is 29.2 Å². The molecule has 0 radical (unpaired) electrons. The summed E-state index contributed by atoms with van der Waals surface area (Å²) in [5.41, 5.74) is 5.37. The van der Waals surface area contributed by atoms with Gasteiger partial charge in [-0.1, -0.05) is 12.1 Å². The Morgan fingerprint density at radius 2 is 1.69 bits per heavy atom. The lowest BCUT2D eigenvalue weighted by Crippen LogP contribution is -2.12. The lowest BCUT2D eigenvalue weighted by atomic mass is 10.2. The average molecular weight is 221 g/mol. The fourth-order valence-electron chi connectivity index (χ4n) is 0.841. The van der Waals surface area contributed by atoms with Gasteiger partial charge in [0.25, 0.3) is 0 Å². The summed E-state index contributed by atoms with van der Waals surface area (Å²) in [5, 5.41) is 4.89. The monoisotopic (exact) mass is 220 g/mol. The molecule has 0 spiro atoms. The summed E-state index contributed by atoms with van der Waals surface area (Å²) in [5.74, 6) is 0. The topological polar surface area (TPSA) is 86.2 Å². The van der Waals surface area contributed by atoms with Crippen molar-refractivity contribution in [2.45, 2.75) is 10.4 Å². The first-order valence-electron chi connectivity index (χ1n) is 3.43. The van der Waals surface area contributed by atoms with E-state index in [2.05, 4.69) is 0 Å². The molecular formula is C7H9ClN2O2S. The Hall–Kier alpha value is -0.620. The molecule has 1 aromatic rings. The van der Waals surface area contributed by atoms with E-state index in [4.69, 9.17) is 22.5 Å². The summed E-state index contributed by atoms with van der Waals surface area (Å²) >= 11 is 5.57. The molecule has 0 heterocycles.